The molecule has 0 radical (unpaired) electrons. The van der Waals surface area contributed by atoms with E-state index in [1.54, 1.807) is 13.3 Å². The molecule has 0 aliphatic rings. The first-order valence-electron chi connectivity index (χ1n) is 4.07. The van der Waals surface area contributed by atoms with Crippen molar-refractivity contribution in [3.63, 3.8) is 0 Å². The zero-order chi connectivity index (χ0) is 8.81. The third-order valence-corrected chi connectivity index (χ3v) is 1.61. The van der Waals surface area contributed by atoms with Gasteiger partial charge in [-0.3, -0.25) is 4.98 Å². The molecule has 0 spiro atoms. The van der Waals surface area contributed by atoms with Crippen molar-refractivity contribution in [3.05, 3.63) is 24.0 Å². The monoisotopic (exact) mass is 166 g/mol. The molecule has 0 saturated carbocycles. The largest absolute Gasteiger partial charge is 0.495 e. The zero-order valence-corrected chi connectivity index (χ0v) is 7.50. The Hall–Kier alpha value is -1.09. The number of aromatic nitrogens is 1. The fraction of sp³-hybridized carbons (Fsp3) is 0.444. The van der Waals surface area contributed by atoms with E-state index in [1.807, 2.05) is 12.1 Å². The summed E-state index contributed by atoms with van der Waals surface area (Å²) in [5.41, 5.74) is 0.960. The molecule has 1 heterocycles. The molecule has 3 nitrogen and oxygen atoms in total. The summed E-state index contributed by atoms with van der Waals surface area (Å²) in [6, 6.07) is 3.79. The molecule has 3 heteroatoms. The number of methoxy groups -OCH3 is 1. The van der Waals surface area contributed by atoms with Crippen LogP contribution in [-0.4, -0.2) is 18.6 Å². The molecule has 1 aromatic rings. The third kappa shape index (κ3) is 2.20. The van der Waals surface area contributed by atoms with Crippen LogP contribution >= 0.6 is 0 Å². The third-order valence-electron chi connectivity index (χ3n) is 1.61. The van der Waals surface area contributed by atoms with E-state index in [-0.39, 0.29) is 0 Å². The van der Waals surface area contributed by atoms with Gasteiger partial charge in [0.05, 0.1) is 12.8 Å². The van der Waals surface area contributed by atoms with E-state index in [0.717, 1.165) is 24.5 Å². The molecule has 1 aromatic heterocycles. The van der Waals surface area contributed by atoms with E-state index < -0.39 is 0 Å². The SMILES string of the molecule is CCNCc1ncccc1OC. The van der Waals surface area contributed by atoms with Crippen LogP contribution in [0.4, 0.5) is 0 Å². The van der Waals surface area contributed by atoms with Gasteiger partial charge >= 0.3 is 0 Å². The Balaban J connectivity index is 2.68. The molecule has 0 aromatic carbocycles. The Kier molecular flexibility index (Phi) is 3.54. The highest BCUT2D eigenvalue weighted by Crippen LogP contribution is 2.13. The van der Waals surface area contributed by atoms with Crippen molar-refractivity contribution >= 4 is 0 Å². The highest BCUT2D eigenvalue weighted by molar-refractivity contribution is 5.26. The molecule has 12 heavy (non-hydrogen) atoms. The van der Waals surface area contributed by atoms with Crippen LogP contribution in [0.3, 0.4) is 0 Å². The average Bonchev–Trinajstić information content (AvgIpc) is 2.15. The second kappa shape index (κ2) is 4.72. The van der Waals surface area contributed by atoms with Crippen LogP contribution in [0.15, 0.2) is 18.3 Å². The van der Waals surface area contributed by atoms with Crippen molar-refractivity contribution in [2.75, 3.05) is 13.7 Å². The Morgan fingerprint density at radius 3 is 3.08 bits per heavy atom. The van der Waals surface area contributed by atoms with E-state index >= 15 is 0 Å². The summed E-state index contributed by atoms with van der Waals surface area (Å²) in [5, 5.41) is 3.20. The molecule has 0 fully saturated rings. The van der Waals surface area contributed by atoms with Gasteiger partial charge in [0.25, 0.3) is 0 Å². The van der Waals surface area contributed by atoms with Crippen molar-refractivity contribution < 1.29 is 4.74 Å². The van der Waals surface area contributed by atoms with Gasteiger partial charge < -0.3 is 10.1 Å². The molecule has 0 saturated heterocycles. The van der Waals surface area contributed by atoms with Gasteiger partial charge in [0, 0.05) is 12.7 Å². The molecular formula is C9H14N2O. The Morgan fingerprint density at radius 1 is 1.58 bits per heavy atom. The number of nitrogens with one attached hydrogen (secondary N) is 1. The second-order valence-corrected chi connectivity index (χ2v) is 2.43. The summed E-state index contributed by atoms with van der Waals surface area (Å²) < 4.78 is 5.14. The van der Waals surface area contributed by atoms with Gasteiger partial charge in [-0.25, -0.2) is 0 Å². The van der Waals surface area contributed by atoms with Gasteiger partial charge in [-0.15, -0.1) is 0 Å². The Labute approximate surface area is 72.8 Å². The van der Waals surface area contributed by atoms with Gasteiger partial charge in [-0.05, 0) is 18.7 Å². The highest BCUT2D eigenvalue weighted by atomic mass is 16.5. The van der Waals surface area contributed by atoms with Crippen molar-refractivity contribution in [1.29, 1.82) is 0 Å². The smallest absolute Gasteiger partial charge is 0.141 e. The quantitative estimate of drug-likeness (QED) is 0.729. The van der Waals surface area contributed by atoms with Gasteiger partial charge in [0.1, 0.15) is 5.75 Å². The fourth-order valence-corrected chi connectivity index (χ4v) is 0.985. The van der Waals surface area contributed by atoms with Crippen molar-refractivity contribution in [1.82, 2.24) is 10.3 Å². The minimum atomic E-state index is 0.764. The molecule has 0 aliphatic carbocycles. The predicted octanol–water partition coefficient (Wildman–Crippen LogP) is 1.20. The summed E-state index contributed by atoms with van der Waals surface area (Å²) in [6.07, 6.45) is 1.77. The zero-order valence-electron chi connectivity index (χ0n) is 7.50. The molecule has 1 N–H and O–H groups in total. The maximum atomic E-state index is 5.14. The lowest BCUT2D eigenvalue weighted by atomic mass is 10.3. The molecule has 0 aliphatic heterocycles. The minimum Gasteiger partial charge on any atom is -0.495 e. The lowest BCUT2D eigenvalue weighted by molar-refractivity contribution is 0.405. The molecule has 0 bridgehead atoms. The van der Waals surface area contributed by atoms with Crippen molar-refractivity contribution in [2.24, 2.45) is 0 Å². The molecule has 66 valence electrons. The van der Waals surface area contributed by atoms with E-state index in [2.05, 4.69) is 17.2 Å². The Bertz CT molecular complexity index is 238. The van der Waals surface area contributed by atoms with Gasteiger partial charge in [-0.2, -0.15) is 0 Å². The van der Waals surface area contributed by atoms with Crippen LogP contribution in [0, 0.1) is 0 Å². The van der Waals surface area contributed by atoms with Crippen LogP contribution in [0.2, 0.25) is 0 Å². The predicted molar refractivity (Wildman–Crippen MR) is 48.2 cm³/mol. The summed E-state index contributed by atoms with van der Waals surface area (Å²) in [6.45, 7) is 3.77. The first kappa shape index (κ1) is 9.00. The standard InChI is InChI=1S/C9H14N2O/c1-3-10-7-8-9(12-2)5-4-6-11-8/h4-6,10H,3,7H2,1-2H3. The molecule has 0 atom stereocenters. The first-order valence-corrected chi connectivity index (χ1v) is 4.07. The minimum absolute atomic E-state index is 0.764. The van der Waals surface area contributed by atoms with Gasteiger partial charge in [-0.1, -0.05) is 6.92 Å². The maximum absolute atomic E-state index is 5.14. The lowest BCUT2D eigenvalue weighted by Gasteiger charge is -2.06. The highest BCUT2D eigenvalue weighted by Gasteiger charge is 2.00. The number of rotatable bonds is 4. The number of hydrogen-bond donors (Lipinski definition) is 1. The van der Waals surface area contributed by atoms with Gasteiger partial charge in [0.15, 0.2) is 0 Å². The van der Waals surface area contributed by atoms with E-state index in [1.165, 1.54) is 0 Å². The fourth-order valence-electron chi connectivity index (χ4n) is 0.985. The van der Waals surface area contributed by atoms with Crippen LogP contribution in [0.5, 0.6) is 5.75 Å². The summed E-state index contributed by atoms with van der Waals surface area (Å²) in [4.78, 5) is 4.20. The van der Waals surface area contributed by atoms with Gasteiger partial charge in [0.2, 0.25) is 0 Å². The van der Waals surface area contributed by atoms with E-state index in [4.69, 9.17) is 4.74 Å². The van der Waals surface area contributed by atoms with Crippen molar-refractivity contribution in [2.45, 2.75) is 13.5 Å². The number of pyridine rings is 1. The van der Waals surface area contributed by atoms with E-state index in [9.17, 15) is 0 Å². The van der Waals surface area contributed by atoms with Crippen LogP contribution in [-0.2, 0) is 6.54 Å². The lowest BCUT2D eigenvalue weighted by Crippen LogP contribution is -2.13. The van der Waals surface area contributed by atoms with Crippen LogP contribution in [0.1, 0.15) is 12.6 Å². The van der Waals surface area contributed by atoms with Crippen molar-refractivity contribution in [3.8, 4) is 5.75 Å². The van der Waals surface area contributed by atoms with Crippen LogP contribution in [0.25, 0.3) is 0 Å². The second-order valence-electron chi connectivity index (χ2n) is 2.43. The number of ether oxygens (including phenoxy) is 1. The molecule has 0 amide bonds. The topological polar surface area (TPSA) is 34.2 Å². The summed E-state index contributed by atoms with van der Waals surface area (Å²) >= 11 is 0. The van der Waals surface area contributed by atoms with E-state index in [0.29, 0.717) is 0 Å². The van der Waals surface area contributed by atoms with Crippen LogP contribution < -0.4 is 10.1 Å². The average molecular weight is 166 g/mol. The number of hydrogen-bond acceptors (Lipinski definition) is 3. The normalized spacial score (nSPS) is 9.83. The summed E-state index contributed by atoms with van der Waals surface area (Å²) in [7, 11) is 1.66. The Morgan fingerprint density at radius 2 is 2.42 bits per heavy atom. The molecule has 0 unspecified atom stereocenters. The molecule has 1 rings (SSSR count). The molecular weight excluding hydrogens is 152 g/mol. The maximum Gasteiger partial charge on any atom is 0.141 e. The summed E-state index contributed by atoms with van der Waals surface area (Å²) in [5.74, 6) is 0.846. The first-order chi connectivity index (χ1) is 5.88. The number of nitrogens with zero attached hydrogens (tertiary/aromatic N) is 1.